The molecule has 0 radical (unpaired) electrons. The fourth-order valence-electron chi connectivity index (χ4n) is 1.83. The van der Waals surface area contributed by atoms with E-state index in [0.717, 1.165) is 17.0 Å². The molecule has 0 aromatic carbocycles. The number of furan rings is 1. The molecule has 2 rings (SSSR count). The van der Waals surface area contributed by atoms with Gasteiger partial charge >= 0.3 is 0 Å². The molecule has 1 aromatic heterocycles. The van der Waals surface area contributed by atoms with E-state index in [1.165, 1.54) is 0 Å². The van der Waals surface area contributed by atoms with E-state index in [2.05, 4.69) is 28.2 Å². The number of hydrogen-bond acceptors (Lipinski definition) is 4. The molecule has 0 aliphatic carbocycles. The quantitative estimate of drug-likeness (QED) is 0.929. The molecule has 2 heterocycles. The molecule has 1 N–H and O–H groups in total. The predicted octanol–water partition coefficient (Wildman–Crippen LogP) is 2.84. The Morgan fingerprint density at radius 2 is 2.29 bits per heavy atom. The summed E-state index contributed by atoms with van der Waals surface area (Å²) in [5.74, 6) is 0.457. The van der Waals surface area contributed by atoms with Crippen molar-refractivity contribution in [1.29, 1.82) is 0 Å². The minimum absolute atomic E-state index is 0.103. The Hall–Kier alpha value is -0.360. The summed E-state index contributed by atoms with van der Waals surface area (Å²) in [4.78, 5) is 0. The molecular formula is C12H18BrNO3. The number of ether oxygens (including phenoxy) is 2. The van der Waals surface area contributed by atoms with E-state index in [4.69, 9.17) is 13.9 Å². The number of rotatable bonds is 4. The van der Waals surface area contributed by atoms with Crippen LogP contribution in [0.3, 0.4) is 0 Å². The number of nitrogens with one attached hydrogen (secondary N) is 1. The van der Waals surface area contributed by atoms with E-state index in [1.54, 1.807) is 0 Å². The summed E-state index contributed by atoms with van der Waals surface area (Å²) >= 11 is 3.29. The van der Waals surface area contributed by atoms with E-state index < -0.39 is 5.79 Å². The standard InChI is InChI=1S/C12H18BrNO3/c1-8(10-4-5-11(13)16-10)14-6-9-7-15-12(2,3)17-9/h4-5,8-9,14H,6-7H2,1-3H3. The van der Waals surface area contributed by atoms with E-state index in [-0.39, 0.29) is 12.1 Å². The van der Waals surface area contributed by atoms with Gasteiger partial charge in [-0.1, -0.05) is 0 Å². The van der Waals surface area contributed by atoms with Crippen molar-refractivity contribution in [2.45, 2.75) is 38.7 Å². The van der Waals surface area contributed by atoms with E-state index in [0.29, 0.717) is 6.61 Å². The second-order valence-corrected chi connectivity index (χ2v) is 5.50. The van der Waals surface area contributed by atoms with Gasteiger partial charge < -0.3 is 19.2 Å². The Morgan fingerprint density at radius 3 is 2.82 bits per heavy atom. The van der Waals surface area contributed by atoms with Gasteiger partial charge in [0.15, 0.2) is 10.5 Å². The predicted molar refractivity (Wildman–Crippen MR) is 67.7 cm³/mol. The lowest BCUT2D eigenvalue weighted by Crippen LogP contribution is -2.32. The van der Waals surface area contributed by atoms with Crippen molar-refractivity contribution >= 4 is 15.9 Å². The van der Waals surface area contributed by atoms with Crippen molar-refractivity contribution < 1.29 is 13.9 Å². The minimum atomic E-state index is -0.455. The van der Waals surface area contributed by atoms with Crippen molar-refractivity contribution in [1.82, 2.24) is 5.32 Å². The average molecular weight is 304 g/mol. The second-order valence-electron chi connectivity index (χ2n) is 4.72. The zero-order valence-electron chi connectivity index (χ0n) is 10.3. The third-order valence-electron chi connectivity index (χ3n) is 2.74. The van der Waals surface area contributed by atoms with Crippen LogP contribution < -0.4 is 5.32 Å². The van der Waals surface area contributed by atoms with E-state index in [9.17, 15) is 0 Å². The zero-order chi connectivity index (χ0) is 12.5. The smallest absolute Gasteiger partial charge is 0.169 e. The first kappa shape index (κ1) is 13.1. The molecule has 1 aliphatic rings. The summed E-state index contributed by atoms with van der Waals surface area (Å²) < 4.78 is 17.5. The highest BCUT2D eigenvalue weighted by atomic mass is 79.9. The lowest BCUT2D eigenvalue weighted by molar-refractivity contribution is -0.137. The van der Waals surface area contributed by atoms with Gasteiger partial charge in [0.2, 0.25) is 0 Å². The highest BCUT2D eigenvalue weighted by Gasteiger charge is 2.32. The van der Waals surface area contributed by atoms with Gasteiger partial charge in [-0.25, -0.2) is 0 Å². The lowest BCUT2D eigenvalue weighted by atomic mass is 10.2. The van der Waals surface area contributed by atoms with Crippen molar-refractivity contribution in [2.75, 3.05) is 13.2 Å². The highest BCUT2D eigenvalue weighted by molar-refractivity contribution is 9.10. The third-order valence-corrected chi connectivity index (χ3v) is 3.17. The molecule has 4 nitrogen and oxygen atoms in total. The van der Waals surface area contributed by atoms with Gasteiger partial charge in [-0.05, 0) is 48.8 Å². The maximum Gasteiger partial charge on any atom is 0.169 e. The minimum Gasteiger partial charge on any atom is -0.453 e. The van der Waals surface area contributed by atoms with E-state index >= 15 is 0 Å². The summed E-state index contributed by atoms with van der Waals surface area (Å²) in [7, 11) is 0. The molecule has 1 aromatic rings. The van der Waals surface area contributed by atoms with Gasteiger partial charge in [-0.2, -0.15) is 0 Å². The van der Waals surface area contributed by atoms with Crippen LogP contribution in [0.4, 0.5) is 0 Å². The Bertz CT molecular complexity index is 378. The van der Waals surface area contributed by atoms with Crippen LogP contribution in [0.15, 0.2) is 21.2 Å². The molecule has 0 bridgehead atoms. The van der Waals surface area contributed by atoms with Gasteiger partial charge in [0, 0.05) is 6.54 Å². The molecule has 0 spiro atoms. The van der Waals surface area contributed by atoms with E-state index in [1.807, 2.05) is 26.0 Å². The van der Waals surface area contributed by atoms with Gasteiger partial charge in [0.25, 0.3) is 0 Å². The van der Waals surface area contributed by atoms with Crippen molar-refractivity contribution in [2.24, 2.45) is 0 Å². The Balaban J connectivity index is 1.79. The summed E-state index contributed by atoms with van der Waals surface area (Å²) in [6.45, 7) is 7.31. The highest BCUT2D eigenvalue weighted by Crippen LogP contribution is 2.23. The normalized spacial score (nSPS) is 25.1. The van der Waals surface area contributed by atoms with Crippen molar-refractivity contribution in [3.8, 4) is 0 Å². The lowest BCUT2D eigenvalue weighted by Gasteiger charge is -2.18. The molecule has 5 heteroatoms. The maximum absolute atomic E-state index is 5.72. The summed E-state index contributed by atoms with van der Waals surface area (Å²) in [6, 6.07) is 4.01. The molecule has 96 valence electrons. The SMILES string of the molecule is CC(NCC1COC(C)(C)O1)c1ccc(Br)o1. The largest absolute Gasteiger partial charge is 0.453 e. The third kappa shape index (κ3) is 3.55. The first-order chi connectivity index (χ1) is 7.96. The van der Waals surface area contributed by atoms with Gasteiger partial charge in [-0.15, -0.1) is 0 Å². The van der Waals surface area contributed by atoms with Crippen molar-refractivity contribution in [3.05, 3.63) is 22.6 Å². The zero-order valence-corrected chi connectivity index (χ0v) is 11.9. The van der Waals surface area contributed by atoms with Crippen LogP contribution in [-0.4, -0.2) is 25.0 Å². The first-order valence-electron chi connectivity index (χ1n) is 5.77. The van der Waals surface area contributed by atoms with Crippen LogP contribution in [0.5, 0.6) is 0 Å². The van der Waals surface area contributed by atoms with Crippen LogP contribution in [0.2, 0.25) is 0 Å². The average Bonchev–Trinajstić information content (AvgIpc) is 2.81. The topological polar surface area (TPSA) is 43.6 Å². The molecule has 1 saturated heterocycles. The first-order valence-corrected chi connectivity index (χ1v) is 6.56. The fraction of sp³-hybridized carbons (Fsp3) is 0.667. The molecule has 0 saturated carbocycles. The Kier molecular flexibility index (Phi) is 3.92. The molecule has 17 heavy (non-hydrogen) atoms. The summed E-state index contributed by atoms with van der Waals surface area (Å²) in [6.07, 6.45) is 0.103. The van der Waals surface area contributed by atoms with Gasteiger partial charge in [0.1, 0.15) is 5.76 Å². The van der Waals surface area contributed by atoms with Crippen LogP contribution in [0.1, 0.15) is 32.6 Å². The van der Waals surface area contributed by atoms with Crippen LogP contribution in [0.25, 0.3) is 0 Å². The fourth-order valence-corrected chi connectivity index (χ4v) is 2.15. The van der Waals surface area contributed by atoms with Crippen molar-refractivity contribution in [3.63, 3.8) is 0 Å². The molecule has 2 atom stereocenters. The summed E-state index contributed by atoms with van der Waals surface area (Å²) in [5, 5.41) is 3.37. The summed E-state index contributed by atoms with van der Waals surface area (Å²) in [5.41, 5.74) is 0. The Morgan fingerprint density at radius 1 is 1.53 bits per heavy atom. The maximum atomic E-state index is 5.72. The number of halogens is 1. The van der Waals surface area contributed by atoms with Gasteiger partial charge in [-0.3, -0.25) is 0 Å². The molecule has 2 unspecified atom stereocenters. The van der Waals surface area contributed by atoms with Crippen LogP contribution in [-0.2, 0) is 9.47 Å². The molecule has 1 fully saturated rings. The second kappa shape index (κ2) is 5.10. The molecular weight excluding hydrogens is 286 g/mol. The molecule has 0 amide bonds. The van der Waals surface area contributed by atoms with Gasteiger partial charge in [0.05, 0.1) is 18.8 Å². The van der Waals surface area contributed by atoms with Crippen LogP contribution in [0, 0.1) is 0 Å². The number of hydrogen-bond donors (Lipinski definition) is 1. The van der Waals surface area contributed by atoms with Crippen LogP contribution >= 0.6 is 15.9 Å². The Labute approximate surface area is 110 Å². The monoisotopic (exact) mass is 303 g/mol. The molecule has 1 aliphatic heterocycles.